The van der Waals surface area contributed by atoms with Crippen LogP contribution in [0.2, 0.25) is 0 Å². The predicted octanol–water partition coefficient (Wildman–Crippen LogP) is 0.523. The van der Waals surface area contributed by atoms with Crippen molar-refractivity contribution >= 4 is 11.9 Å². The highest BCUT2D eigenvalue weighted by Crippen LogP contribution is 2.08. The summed E-state index contributed by atoms with van der Waals surface area (Å²) in [6.45, 7) is 1.96. The molecule has 0 bridgehead atoms. The van der Waals surface area contributed by atoms with E-state index in [1.807, 2.05) is 36.2 Å². The van der Waals surface area contributed by atoms with Gasteiger partial charge in [-0.25, -0.2) is 4.79 Å². The van der Waals surface area contributed by atoms with Crippen LogP contribution in [0.25, 0.3) is 0 Å². The Morgan fingerprint density at radius 2 is 1.89 bits per heavy atom. The third kappa shape index (κ3) is 3.09. The number of aromatic nitrogens is 2. The number of aryl methyl sites for hydroxylation is 1. The Kier molecular flexibility index (Phi) is 3.46. The van der Waals surface area contributed by atoms with Crippen LogP contribution in [-0.2, 0) is 0 Å². The minimum Gasteiger partial charge on any atom is -0.494 e. The average Bonchev–Trinajstić information content (AvgIpc) is 2.34. The highest BCUT2D eigenvalue weighted by molar-refractivity contribution is 5.82. The number of H-pyrrole nitrogens is 2. The standard InChI is InChI=1S/C12H12N4O3/c1-7-2-4-8(5-3-7)16-13-6-9-10(17)14-12(19)15-11(9)18/h2-6,16H,1H3,(H3,14,15,17,18,19)/b13-6+. The van der Waals surface area contributed by atoms with Crippen LogP contribution in [0.15, 0.2) is 39.0 Å². The van der Waals surface area contributed by atoms with Crippen LogP contribution in [0.3, 0.4) is 0 Å². The minimum atomic E-state index is -0.772. The van der Waals surface area contributed by atoms with Crippen molar-refractivity contribution in [1.29, 1.82) is 0 Å². The zero-order chi connectivity index (χ0) is 13.8. The van der Waals surface area contributed by atoms with Gasteiger partial charge >= 0.3 is 5.69 Å². The molecule has 0 radical (unpaired) electrons. The van der Waals surface area contributed by atoms with Crippen molar-refractivity contribution in [3.05, 3.63) is 56.2 Å². The fourth-order valence-electron chi connectivity index (χ4n) is 1.40. The lowest BCUT2D eigenvalue weighted by atomic mass is 10.2. The predicted molar refractivity (Wildman–Crippen MR) is 71.7 cm³/mol. The third-order valence-corrected chi connectivity index (χ3v) is 2.40. The monoisotopic (exact) mass is 260 g/mol. The molecule has 1 aromatic heterocycles. The Morgan fingerprint density at radius 3 is 2.53 bits per heavy atom. The lowest BCUT2D eigenvalue weighted by Gasteiger charge is -2.00. The summed E-state index contributed by atoms with van der Waals surface area (Å²) >= 11 is 0. The molecule has 19 heavy (non-hydrogen) atoms. The largest absolute Gasteiger partial charge is 0.494 e. The van der Waals surface area contributed by atoms with E-state index in [0.29, 0.717) is 0 Å². The fraction of sp³-hybridized carbons (Fsp3) is 0.0833. The summed E-state index contributed by atoms with van der Waals surface area (Å²) in [7, 11) is 0. The Bertz CT molecular complexity index is 713. The number of benzene rings is 1. The van der Waals surface area contributed by atoms with E-state index < -0.39 is 17.1 Å². The Balaban J connectivity index is 2.18. The topological polar surface area (TPSA) is 110 Å². The summed E-state index contributed by atoms with van der Waals surface area (Å²) in [4.78, 5) is 26.3. The maximum absolute atomic E-state index is 11.4. The van der Waals surface area contributed by atoms with Gasteiger partial charge in [0.2, 0.25) is 5.88 Å². The molecule has 0 amide bonds. The number of nitrogens with zero attached hydrogens (tertiary/aromatic N) is 1. The van der Waals surface area contributed by atoms with Gasteiger partial charge in [0.05, 0.1) is 11.9 Å². The zero-order valence-electron chi connectivity index (χ0n) is 10.1. The first-order chi connectivity index (χ1) is 9.06. The Hall–Kier alpha value is -2.83. The second-order valence-electron chi connectivity index (χ2n) is 3.91. The first-order valence-electron chi connectivity index (χ1n) is 5.47. The molecule has 0 aliphatic heterocycles. The number of rotatable bonds is 3. The molecule has 0 aliphatic rings. The smallest absolute Gasteiger partial charge is 0.328 e. The van der Waals surface area contributed by atoms with Crippen LogP contribution in [0.5, 0.6) is 5.88 Å². The molecular weight excluding hydrogens is 248 g/mol. The fourth-order valence-corrected chi connectivity index (χ4v) is 1.40. The molecule has 1 aromatic carbocycles. The molecule has 4 N–H and O–H groups in total. The Morgan fingerprint density at radius 1 is 1.21 bits per heavy atom. The van der Waals surface area contributed by atoms with Crippen molar-refractivity contribution in [3.63, 3.8) is 0 Å². The van der Waals surface area contributed by atoms with Crippen molar-refractivity contribution in [2.24, 2.45) is 5.10 Å². The minimum absolute atomic E-state index is 0.126. The van der Waals surface area contributed by atoms with Crippen molar-refractivity contribution in [2.45, 2.75) is 6.92 Å². The zero-order valence-corrected chi connectivity index (χ0v) is 10.1. The number of anilines is 1. The molecule has 0 atom stereocenters. The second-order valence-corrected chi connectivity index (χ2v) is 3.91. The molecule has 1 heterocycles. The van der Waals surface area contributed by atoms with E-state index in [0.717, 1.165) is 17.5 Å². The van der Waals surface area contributed by atoms with Gasteiger partial charge in [0.1, 0.15) is 5.56 Å². The molecule has 2 aromatic rings. The molecule has 0 spiro atoms. The van der Waals surface area contributed by atoms with Gasteiger partial charge in [0.25, 0.3) is 5.56 Å². The molecule has 0 fully saturated rings. The van der Waals surface area contributed by atoms with Crippen LogP contribution in [0.1, 0.15) is 11.1 Å². The SMILES string of the molecule is Cc1ccc(N/N=C/c2c(O)[nH]c(=O)[nH]c2=O)cc1. The van der Waals surface area contributed by atoms with Crippen molar-refractivity contribution in [1.82, 2.24) is 9.97 Å². The van der Waals surface area contributed by atoms with E-state index in [1.165, 1.54) is 0 Å². The van der Waals surface area contributed by atoms with Crippen LogP contribution >= 0.6 is 0 Å². The summed E-state index contributed by atoms with van der Waals surface area (Å²) in [5.74, 6) is -0.525. The number of hydrazone groups is 1. The van der Waals surface area contributed by atoms with Gasteiger partial charge in [-0.05, 0) is 19.1 Å². The van der Waals surface area contributed by atoms with E-state index >= 15 is 0 Å². The van der Waals surface area contributed by atoms with Crippen molar-refractivity contribution in [2.75, 3.05) is 5.43 Å². The number of nitrogens with one attached hydrogen (secondary N) is 3. The molecule has 2 rings (SSSR count). The first-order valence-corrected chi connectivity index (χ1v) is 5.47. The highest BCUT2D eigenvalue weighted by Gasteiger charge is 2.04. The third-order valence-electron chi connectivity index (χ3n) is 2.40. The molecular formula is C12H12N4O3. The van der Waals surface area contributed by atoms with E-state index in [1.54, 1.807) is 0 Å². The maximum Gasteiger partial charge on any atom is 0.328 e. The normalized spacial score (nSPS) is 10.8. The summed E-state index contributed by atoms with van der Waals surface area (Å²) < 4.78 is 0. The summed E-state index contributed by atoms with van der Waals surface area (Å²) in [6.07, 6.45) is 1.13. The molecule has 0 aliphatic carbocycles. The quantitative estimate of drug-likeness (QED) is 0.476. The first kappa shape index (κ1) is 12.6. The van der Waals surface area contributed by atoms with E-state index in [2.05, 4.69) is 15.5 Å². The van der Waals surface area contributed by atoms with Crippen LogP contribution in [0.4, 0.5) is 5.69 Å². The molecule has 0 unspecified atom stereocenters. The summed E-state index contributed by atoms with van der Waals surface area (Å²) in [6, 6.07) is 7.46. The lowest BCUT2D eigenvalue weighted by molar-refractivity contribution is 0.447. The van der Waals surface area contributed by atoms with Crippen molar-refractivity contribution in [3.8, 4) is 5.88 Å². The number of aromatic hydroxyl groups is 1. The number of aromatic amines is 2. The van der Waals surface area contributed by atoms with Crippen molar-refractivity contribution < 1.29 is 5.11 Å². The van der Waals surface area contributed by atoms with E-state index in [9.17, 15) is 14.7 Å². The van der Waals surface area contributed by atoms with Crippen LogP contribution in [0, 0.1) is 6.92 Å². The number of hydrogen-bond donors (Lipinski definition) is 4. The average molecular weight is 260 g/mol. The molecule has 7 nitrogen and oxygen atoms in total. The van der Waals surface area contributed by atoms with E-state index in [-0.39, 0.29) is 5.56 Å². The molecule has 98 valence electrons. The Labute approximate surface area is 107 Å². The second kappa shape index (κ2) is 5.21. The molecule has 7 heteroatoms. The van der Waals surface area contributed by atoms with Gasteiger partial charge in [-0.2, -0.15) is 5.10 Å². The number of hydrogen-bond acceptors (Lipinski definition) is 5. The van der Waals surface area contributed by atoms with Gasteiger partial charge in [-0.15, -0.1) is 0 Å². The summed E-state index contributed by atoms with van der Waals surface area (Å²) in [5, 5.41) is 13.2. The van der Waals surface area contributed by atoms with Gasteiger partial charge in [-0.3, -0.25) is 20.2 Å². The van der Waals surface area contributed by atoms with Gasteiger partial charge in [0, 0.05) is 0 Å². The highest BCUT2D eigenvalue weighted by atomic mass is 16.3. The van der Waals surface area contributed by atoms with Gasteiger partial charge < -0.3 is 5.11 Å². The lowest BCUT2D eigenvalue weighted by Crippen LogP contribution is -2.25. The summed E-state index contributed by atoms with van der Waals surface area (Å²) in [5.41, 5.74) is 2.95. The maximum atomic E-state index is 11.4. The molecule has 0 saturated heterocycles. The van der Waals surface area contributed by atoms with E-state index in [4.69, 9.17) is 0 Å². The van der Waals surface area contributed by atoms with Gasteiger partial charge in [0.15, 0.2) is 0 Å². The van der Waals surface area contributed by atoms with Crippen LogP contribution in [-0.4, -0.2) is 21.3 Å². The molecule has 0 saturated carbocycles. The van der Waals surface area contributed by atoms with Gasteiger partial charge in [-0.1, -0.05) is 17.7 Å². The van der Waals surface area contributed by atoms with Crippen LogP contribution < -0.4 is 16.7 Å².